The van der Waals surface area contributed by atoms with E-state index in [1.54, 1.807) is 0 Å². The highest BCUT2D eigenvalue weighted by Gasteiger charge is 2.28. The average molecular weight is 281 g/mol. The van der Waals surface area contributed by atoms with Crippen molar-refractivity contribution < 1.29 is 9.47 Å². The summed E-state index contributed by atoms with van der Waals surface area (Å²) in [4.78, 5) is 2.46. The second-order valence-electron chi connectivity index (χ2n) is 5.75. The molecule has 20 heavy (non-hydrogen) atoms. The number of aromatic nitrogens is 2. The minimum absolute atomic E-state index is 0.288. The fourth-order valence-corrected chi connectivity index (χ4v) is 2.85. The molecule has 5 nitrogen and oxygen atoms in total. The van der Waals surface area contributed by atoms with Crippen molar-refractivity contribution >= 4 is 0 Å². The monoisotopic (exact) mass is 281 g/mol. The molecule has 1 aromatic heterocycles. The highest BCUT2D eigenvalue weighted by Crippen LogP contribution is 2.28. The lowest BCUT2D eigenvalue weighted by molar-refractivity contribution is -0.0277. The van der Waals surface area contributed by atoms with Gasteiger partial charge < -0.3 is 9.47 Å². The smallest absolute Gasteiger partial charge is 0.0665 e. The normalized spacial score (nSPS) is 20.8. The van der Waals surface area contributed by atoms with Gasteiger partial charge in [-0.05, 0) is 27.7 Å². The molecule has 0 radical (unpaired) electrons. The third-order valence-electron chi connectivity index (χ3n) is 3.97. The summed E-state index contributed by atoms with van der Waals surface area (Å²) in [6, 6.07) is 0.299. The molecule has 0 bridgehead atoms. The van der Waals surface area contributed by atoms with Crippen LogP contribution in [0.5, 0.6) is 0 Å². The zero-order valence-electron chi connectivity index (χ0n) is 13.3. The zero-order valence-corrected chi connectivity index (χ0v) is 13.3. The Morgan fingerprint density at radius 1 is 1.40 bits per heavy atom. The molecule has 1 aliphatic heterocycles. The molecule has 1 fully saturated rings. The molecule has 1 atom stereocenters. The van der Waals surface area contributed by atoms with Gasteiger partial charge in [-0.3, -0.25) is 9.58 Å². The van der Waals surface area contributed by atoms with Crippen LogP contribution < -0.4 is 0 Å². The Kier molecular flexibility index (Phi) is 5.18. The van der Waals surface area contributed by atoms with E-state index in [-0.39, 0.29) is 6.10 Å². The van der Waals surface area contributed by atoms with E-state index in [0.717, 1.165) is 38.6 Å². The highest BCUT2D eigenvalue weighted by molar-refractivity contribution is 5.28. The maximum atomic E-state index is 5.69. The molecule has 2 heterocycles. The van der Waals surface area contributed by atoms with Gasteiger partial charge in [0.05, 0.1) is 37.7 Å². The van der Waals surface area contributed by atoms with Crippen LogP contribution in [0.25, 0.3) is 0 Å². The van der Waals surface area contributed by atoms with Crippen LogP contribution in [0.3, 0.4) is 0 Å². The summed E-state index contributed by atoms with van der Waals surface area (Å²) in [7, 11) is 2.00. The SMILES string of the molecule is Cc1nn(C)c(C)c1C1COCCN1CCOC(C)C. The van der Waals surface area contributed by atoms with Gasteiger partial charge in [-0.15, -0.1) is 0 Å². The number of nitrogens with zero attached hydrogens (tertiary/aromatic N) is 3. The van der Waals surface area contributed by atoms with E-state index in [1.807, 2.05) is 11.7 Å². The Labute approximate surface area is 121 Å². The van der Waals surface area contributed by atoms with Crippen LogP contribution in [0.4, 0.5) is 0 Å². The van der Waals surface area contributed by atoms with Gasteiger partial charge in [0.1, 0.15) is 0 Å². The van der Waals surface area contributed by atoms with Crippen molar-refractivity contribution in [2.24, 2.45) is 7.05 Å². The first-order valence-corrected chi connectivity index (χ1v) is 7.44. The van der Waals surface area contributed by atoms with Gasteiger partial charge in [0, 0.05) is 31.4 Å². The first-order valence-electron chi connectivity index (χ1n) is 7.44. The Hall–Kier alpha value is -0.910. The van der Waals surface area contributed by atoms with E-state index >= 15 is 0 Å². The van der Waals surface area contributed by atoms with Gasteiger partial charge in [-0.2, -0.15) is 5.10 Å². The molecule has 1 saturated heterocycles. The minimum Gasteiger partial charge on any atom is -0.378 e. The van der Waals surface area contributed by atoms with Crippen LogP contribution in [-0.4, -0.2) is 53.7 Å². The third-order valence-corrected chi connectivity index (χ3v) is 3.97. The molecule has 0 aromatic carbocycles. The Balaban J connectivity index is 2.10. The van der Waals surface area contributed by atoms with E-state index in [0.29, 0.717) is 6.04 Å². The zero-order chi connectivity index (χ0) is 14.7. The first-order chi connectivity index (χ1) is 9.50. The Morgan fingerprint density at radius 2 is 2.15 bits per heavy atom. The average Bonchev–Trinajstić information content (AvgIpc) is 2.64. The second-order valence-corrected chi connectivity index (χ2v) is 5.75. The van der Waals surface area contributed by atoms with Gasteiger partial charge in [0.25, 0.3) is 0 Å². The molecule has 1 aromatic rings. The van der Waals surface area contributed by atoms with Gasteiger partial charge >= 0.3 is 0 Å². The van der Waals surface area contributed by atoms with Crippen molar-refractivity contribution in [3.8, 4) is 0 Å². The van der Waals surface area contributed by atoms with Crippen molar-refractivity contribution in [1.29, 1.82) is 0 Å². The molecule has 0 saturated carbocycles. The summed E-state index contributed by atoms with van der Waals surface area (Å²) in [6.45, 7) is 12.6. The molecule has 0 N–H and O–H groups in total. The lowest BCUT2D eigenvalue weighted by atomic mass is 10.0. The van der Waals surface area contributed by atoms with Crippen LogP contribution in [0.15, 0.2) is 0 Å². The van der Waals surface area contributed by atoms with Crippen molar-refractivity contribution in [3.05, 3.63) is 17.0 Å². The molecular weight excluding hydrogens is 254 g/mol. The summed E-state index contributed by atoms with van der Waals surface area (Å²) in [5, 5.41) is 4.53. The lowest BCUT2D eigenvalue weighted by Crippen LogP contribution is -2.41. The van der Waals surface area contributed by atoms with Crippen molar-refractivity contribution in [2.75, 3.05) is 32.9 Å². The largest absolute Gasteiger partial charge is 0.378 e. The predicted octanol–water partition coefficient (Wildman–Crippen LogP) is 1.84. The number of aryl methyl sites for hydroxylation is 2. The van der Waals surface area contributed by atoms with E-state index in [9.17, 15) is 0 Å². The summed E-state index contributed by atoms with van der Waals surface area (Å²) in [6.07, 6.45) is 0.288. The van der Waals surface area contributed by atoms with Crippen LogP contribution in [0.1, 0.15) is 36.8 Å². The lowest BCUT2D eigenvalue weighted by Gasteiger charge is -2.36. The molecule has 0 spiro atoms. The van der Waals surface area contributed by atoms with Crippen molar-refractivity contribution in [2.45, 2.75) is 39.8 Å². The fourth-order valence-electron chi connectivity index (χ4n) is 2.85. The molecule has 0 aliphatic carbocycles. The standard InChI is InChI=1S/C15H27N3O2/c1-11(2)20-9-7-18-6-8-19-10-14(18)15-12(3)16-17(5)13(15)4/h11,14H,6-10H2,1-5H3. The number of rotatable bonds is 5. The van der Waals surface area contributed by atoms with Gasteiger partial charge in [0.2, 0.25) is 0 Å². The quantitative estimate of drug-likeness (QED) is 0.825. The molecule has 1 aliphatic rings. The number of hydrogen-bond donors (Lipinski definition) is 0. The van der Waals surface area contributed by atoms with E-state index in [4.69, 9.17) is 9.47 Å². The van der Waals surface area contributed by atoms with Gasteiger partial charge in [-0.25, -0.2) is 0 Å². The second kappa shape index (κ2) is 6.70. The summed E-state index contributed by atoms with van der Waals surface area (Å²) >= 11 is 0. The summed E-state index contributed by atoms with van der Waals surface area (Å²) < 4.78 is 13.3. The number of hydrogen-bond acceptors (Lipinski definition) is 4. The highest BCUT2D eigenvalue weighted by atomic mass is 16.5. The van der Waals surface area contributed by atoms with Crippen LogP contribution in [-0.2, 0) is 16.5 Å². The summed E-state index contributed by atoms with van der Waals surface area (Å²) in [5.41, 5.74) is 3.65. The number of ether oxygens (including phenoxy) is 2. The molecule has 1 unspecified atom stereocenters. The molecule has 2 rings (SSSR count). The fraction of sp³-hybridized carbons (Fsp3) is 0.800. The molecular formula is C15H27N3O2. The maximum Gasteiger partial charge on any atom is 0.0665 e. The third kappa shape index (κ3) is 3.40. The maximum absolute atomic E-state index is 5.69. The number of morpholine rings is 1. The molecule has 114 valence electrons. The topological polar surface area (TPSA) is 39.5 Å². The van der Waals surface area contributed by atoms with E-state index in [2.05, 4.69) is 37.7 Å². The van der Waals surface area contributed by atoms with Gasteiger partial charge in [0.15, 0.2) is 0 Å². The van der Waals surface area contributed by atoms with Crippen molar-refractivity contribution in [3.63, 3.8) is 0 Å². The first kappa shape index (κ1) is 15.5. The van der Waals surface area contributed by atoms with Crippen LogP contribution in [0, 0.1) is 13.8 Å². The van der Waals surface area contributed by atoms with E-state index in [1.165, 1.54) is 11.3 Å². The predicted molar refractivity (Wildman–Crippen MR) is 78.9 cm³/mol. The van der Waals surface area contributed by atoms with Crippen molar-refractivity contribution in [1.82, 2.24) is 14.7 Å². The van der Waals surface area contributed by atoms with Crippen LogP contribution >= 0.6 is 0 Å². The van der Waals surface area contributed by atoms with Crippen LogP contribution in [0.2, 0.25) is 0 Å². The molecule has 0 amide bonds. The summed E-state index contributed by atoms with van der Waals surface area (Å²) in [5.74, 6) is 0. The Morgan fingerprint density at radius 3 is 2.75 bits per heavy atom. The Bertz CT molecular complexity index is 443. The van der Waals surface area contributed by atoms with Gasteiger partial charge in [-0.1, -0.05) is 0 Å². The van der Waals surface area contributed by atoms with E-state index < -0.39 is 0 Å². The molecule has 5 heteroatoms. The minimum atomic E-state index is 0.288.